The lowest BCUT2D eigenvalue weighted by molar-refractivity contribution is 0.366. The van der Waals surface area contributed by atoms with Crippen molar-refractivity contribution >= 4 is 22.5 Å². The molecule has 2 heterocycles. The van der Waals surface area contributed by atoms with Gasteiger partial charge in [-0.25, -0.2) is 4.98 Å². The number of aromatic nitrogens is 4. The Balaban J connectivity index is 2.08. The van der Waals surface area contributed by atoms with E-state index < -0.39 is 0 Å². The average molecular weight is 277 g/mol. The topological polar surface area (TPSA) is 73.8 Å². The quantitative estimate of drug-likeness (QED) is 0.713. The van der Waals surface area contributed by atoms with Crippen LogP contribution in [0.25, 0.3) is 10.9 Å². The Morgan fingerprint density at radius 1 is 1.42 bits per heavy atom. The smallest absolute Gasteiger partial charge is 0.261 e. The molecule has 1 aromatic carbocycles. The maximum absolute atomic E-state index is 12.2. The van der Waals surface area contributed by atoms with Crippen LogP contribution in [0.4, 0.5) is 0 Å². The second-order valence-electron chi connectivity index (χ2n) is 4.07. The van der Waals surface area contributed by atoms with E-state index in [9.17, 15) is 4.79 Å². The number of aryl methyl sites for hydroxylation is 1. The van der Waals surface area contributed by atoms with Crippen molar-refractivity contribution in [1.82, 2.24) is 19.7 Å². The molecule has 0 saturated carbocycles. The van der Waals surface area contributed by atoms with Gasteiger partial charge in [-0.1, -0.05) is 16.8 Å². The molecule has 0 N–H and O–H groups in total. The number of hydrogen-bond acceptors (Lipinski definition) is 5. The van der Waals surface area contributed by atoms with Crippen LogP contribution in [0.2, 0.25) is 5.02 Å². The number of benzene rings is 1. The molecule has 3 aromatic rings. The van der Waals surface area contributed by atoms with Crippen molar-refractivity contribution in [2.75, 3.05) is 0 Å². The normalized spacial score (nSPS) is 11.1. The lowest BCUT2D eigenvalue weighted by Crippen LogP contribution is -2.21. The Labute approximate surface area is 112 Å². The van der Waals surface area contributed by atoms with E-state index in [1.54, 1.807) is 25.1 Å². The van der Waals surface area contributed by atoms with E-state index in [4.69, 9.17) is 16.1 Å². The molecule has 0 spiro atoms. The molecule has 0 bridgehead atoms. The van der Waals surface area contributed by atoms with E-state index in [0.29, 0.717) is 27.6 Å². The summed E-state index contributed by atoms with van der Waals surface area (Å²) in [6.45, 7) is 1.92. The van der Waals surface area contributed by atoms with Gasteiger partial charge in [-0.2, -0.15) is 4.98 Å². The van der Waals surface area contributed by atoms with Crippen molar-refractivity contribution in [3.05, 3.63) is 51.6 Å². The zero-order valence-corrected chi connectivity index (χ0v) is 10.8. The van der Waals surface area contributed by atoms with Gasteiger partial charge in [-0.3, -0.25) is 9.36 Å². The number of halogens is 1. The van der Waals surface area contributed by atoms with E-state index in [-0.39, 0.29) is 12.1 Å². The molecule has 2 aromatic heterocycles. The van der Waals surface area contributed by atoms with Gasteiger partial charge in [0, 0.05) is 5.02 Å². The van der Waals surface area contributed by atoms with Gasteiger partial charge in [0.15, 0.2) is 5.82 Å². The Kier molecular flexibility index (Phi) is 2.79. The summed E-state index contributed by atoms with van der Waals surface area (Å²) in [4.78, 5) is 20.5. The van der Waals surface area contributed by atoms with E-state index >= 15 is 0 Å². The predicted molar refractivity (Wildman–Crippen MR) is 69.2 cm³/mol. The second-order valence-corrected chi connectivity index (χ2v) is 4.51. The zero-order chi connectivity index (χ0) is 13.4. The molecule has 96 valence electrons. The Morgan fingerprint density at radius 3 is 3.00 bits per heavy atom. The lowest BCUT2D eigenvalue weighted by atomic mass is 10.2. The summed E-state index contributed by atoms with van der Waals surface area (Å²) in [7, 11) is 0. The molecule has 0 aliphatic heterocycles. The van der Waals surface area contributed by atoms with Gasteiger partial charge >= 0.3 is 0 Å². The van der Waals surface area contributed by atoms with Gasteiger partial charge in [-0.05, 0) is 25.1 Å². The van der Waals surface area contributed by atoms with Gasteiger partial charge in [0.2, 0.25) is 5.89 Å². The SMILES string of the molecule is Cc1noc(Cn2cnc3cc(Cl)ccc3c2=O)n1. The number of fused-ring (bicyclic) bond motifs is 1. The van der Waals surface area contributed by atoms with Crippen LogP contribution >= 0.6 is 11.6 Å². The fraction of sp³-hybridized carbons (Fsp3) is 0.167. The first-order valence-electron chi connectivity index (χ1n) is 5.57. The molecule has 0 atom stereocenters. The van der Waals surface area contributed by atoms with E-state index in [2.05, 4.69) is 15.1 Å². The van der Waals surface area contributed by atoms with Crippen molar-refractivity contribution < 1.29 is 4.52 Å². The van der Waals surface area contributed by atoms with E-state index in [0.717, 1.165) is 0 Å². The van der Waals surface area contributed by atoms with Gasteiger partial charge in [0.1, 0.15) is 6.54 Å². The maximum atomic E-state index is 12.2. The third-order valence-corrected chi connectivity index (χ3v) is 2.90. The molecular formula is C12H9ClN4O2. The first-order chi connectivity index (χ1) is 9.13. The highest BCUT2D eigenvalue weighted by molar-refractivity contribution is 6.31. The summed E-state index contributed by atoms with van der Waals surface area (Å²) in [6, 6.07) is 4.97. The summed E-state index contributed by atoms with van der Waals surface area (Å²) in [5.41, 5.74) is 0.396. The van der Waals surface area contributed by atoms with Gasteiger partial charge in [0.05, 0.1) is 17.2 Å². The number of nitrogens with zero attached hydrogens (tertiary/aromatic N) is 4. The number of rotatable bonds is 2. The Bertz CT molecular complexity index is 809. The molecule has 0 amide bonds. The minimum atomic E-state index is -0.169. The zero-order valence-electron chi connectivity index (χ0n) is 10.00. The average Bonchev–Trinajstić information content (AvgIpc) is 2.78. The third-order valence-electron chi connectivity index (χ3n) is 2.66. The molecule has 0 saturated heterocycles. The maximum Gasteiger partial charge on any atom is 0.261 e. The predicted octanol–water partition coefficient (Wildman–Crippen LogP) is 1.79. The van der Waals surface area contributed by atoms with Gasteiger partial charge in [0.25, 0.3) is 5.56 Å². The highest BCUT2D eigenvalue weighted by Gasteiger charge is 2.08. The minimum Gasteiger partial charge on any atom is -0.337 e. The summed E-state index contributed by atoms with van der Waals surface area (Å²) < 4.78 is 6.40. The monoisotopic (exact) mass is 276 g/mol. The number of hydrogen-bond donors (Lipinski definition) is 0. The van der Waals surface area contributed by atoms with Crippen LogP contribution in [0.5, 0.6) is 0 Å². The highest BCUT2D eigenvalue weighted by Crippen LogP contribution is 2.14. The molecule has 3 rings (SSSR count). The minimum absolute atomic E-state index is 0.169. The molecule has 19 heavy (non-hydrogen) atoms. The second kappa shape index (κ2) is 4.47. The van der Waals surface area contributed by atoms with Crippen molar-refractivity contribution in [3.63, 3.8) is 0 Å². The molecule has 0 radical (unpaired) electrons. The largest absolute Gasteiger partial charge is 0.337 e. The van der Waals surface area contributed by atoms with Crippen LogP contribution in [0.3, 0.4) is 0 Å². The van der Waals surface area contributed by atoms with Crippen LogP contribution in [0.1, 0.15) is 11.7 Å². The van der Waals surface area contributed by atoms with Crippen molar-refractivity contribution in [3.8, 4) is 0 Å². The molecule has 0 aliphatic rings. The fourth-order valence-electron chi connectivity index (χ4n) is 1.79. The van der Waals surface area contributed by atoms with Crippen LogP contribution in [0, 0.1) is 6.92 Å². The van der Waals surface area contributed by atoms with Crippen LogP contribution in [-0.4, -0.2) is 19.7 Å². The molecule has 0 unspecified atom stereocenters. The first kappa shape index (κ1) is 11.9. The van der Waals surface area contributed by atoms with Gasteiger partial charge in [-0.15, -0.1) is 0 Å². The molecule has 0 aliphatic carbocycles. The standard InChI is InChI=1S/C12H9ClN4O2/c1-7-15-11(19-16-7)5-17-6-14-10-4-8(13)2-3-9(10)12(17)18/h2-4,6H,5H2,1H3. The Hall–Kier alpha value is -2.21. The van der Waals surface area contributed by atoms with E-state index in [1.807, 2.05) is 0 Å². The molecule has 6 nitrogen and oxygen atoms in total. The Morgan fingerprint density at radius 2 is 2.26 bits per heavy atom. The molecular weight excluding hydrogens is 268 g/mol. The van der Waals surface area contributed by atoms with E-state index in [1.165, 1.54) is 10.9 Å². The van der Waals surface area contributed by atoms with Crippen LogP contribution in [-0.2, 0) is 6.54 Å². The summed E-state index contributed by atoms with van der Waals surface area (Å²) in [6.07, 6.45) is 1.44. The molecule has 7 heteroatoms. The first-order valence-corrected chi connectivity index (χ1v) is 5.95. The highest BCUT2D eigenvalue weighted by atomic mass is 35.5. The summed E-state index contributed by atoms with van der Waals surface area (Å²) in [5, 5.41) is 4.73. The third kappa shape index (κ3) is 2.22. The molecule has 0 fully saturated rings. The summed E-state index contributed by atoms with van der Waals surface area (Å²) >= 11 is 5.86. The lowest BCUT2D eigenvalue weighted by Gasteiger charge is -2.03. The van der Waals surface area contributed by atoms with Crippen molar-refractivity contribution in [2.24, 2.45) is 0 Å². The van der Waals surface area contributed by atoms with Crippen LogP contribution in [0.15, 0.2) is 33.8 Å². The van der Waals surface area contributed by atoms with Gasteiger partial charge < -0.3 is 4.52 Å². The fourth-order valence-corrected chi connectivity index (χ4v) is 1.96. The van der Waals surface area contributed by atoms with Crippen LogP contribution < -0.4 is 5.56 Å². The summed E-state index contributed by atoms with van der Waals surface area (Å²) in [5.74, 6) is 0.901. The van der Waals surface area contributed by atoms with Crippen molar-refractivity contribution in [1.29, 1.82) is 0 Å². The van der Waals surface area contributed by atoms with Crippen molar-refractivity contribution in [2.45, 2.75) is 13.5 Å².